The first-order chi connectivity index (χ1) is 8.72. The lowest BCUT2D eigenvalue weighted by molar-refractivity contribution is -0.153. The van der Waals surface area contributed by atoms with Crippen LogP contribution in [0.2, 0.25) is 0 Å². The van der Waals surface area contributed by atoms with Crippen molar-refractivity contribution in [2.45, 2.75) is 38.2 Å². The molecule has 0 heterocycles. The minimum absolute atomic E-state index is 0.107. The van der Waals surface area contributed by atoms with Gasteiger partial charge in [0.05, 0.1) is 24.5 Å². The van der Waals surface area contributed by atoms with Gasteiger partial charge in [-0.2, -0.15) is 8.42 Å². The summed E-state index contributed by atoms with van der Waals surface area (Å²) in [5.41, 5.74) is -0.280. The molecule has 1 rings (SSSR count). The Morgan fingerprint density at radius 2 is 1.95 bits per heavy atom. The van der Waals surface area contributed by atoms with Crippen molar-refractivity contribution in [1.29, 1.82) is 0 Å². The summed E-state index contributed by atoms with van der Waals surface area (Å²) in [7, 11) is -4.04. The van der Waals surface area contributed by atoms with Gasteiger partial charge in [0.1, 0.15) is 5.60 Å². The molecule has 0 saturated heterocycles. The fraction of sp³-hybridized carbons (Fsp3) is 0.750. The van der Waals surface area contributed by atoms with Crippen LogP contribution in [0.3, 0.4) is 0 Å². The molecule has 1 saturated carbocycles. The van der Waals surface area contributed by atoms with Gasteiger partial charge in [-0.1, -0.05) is 6.58 Å². The summed E-state index contributed by atoms with van der Waals surface area (Å²) in [5.74, 6) is -1.02. The van der Waals surface area contributed by atoms with Gasteiger partial charge < -0.3 is 9.47 Å². The van der Waals surface area contributed by atoms with Gasteiger partial charge in [0, 0.05) is 0 Å². The quantitative estimate of drug-likeness (QED) is 0.329. The highest BCUT2D eigenvalue weighted by atomic mass is 32.2. The molecule has 1 aliphatic carbocycles. The van der Waals surface area contributed by atoms with E-state index in [0.29, 0.717) is 0 Å². The molecular weight excluding hydrogens is 272 g/mol. The Hall–Kier alpha value is -0.920. The lowest BCUT2D eigenvalue weighted by Crippen LogP contribution is -2.29. The molecule has 0 amide bonds. The number of rotatable bonds is 7. The van der Waals surface area contributed by atoms with Gasteiger partial charge in [0.2, 0.25) is 0 Å². The molecule has 0 radical (unpaired) electrons. The third-order valence-corrected chi connectivity index (χ3v) is 3.73. The maximum absolute atomic E-state index is 11.7. The van der Waals surface area contributed by atoms with Gasteiger partial charge in [-0.05, 0) is 32.6 Å². The van der Waals surface area contributed by atoms with Gasteiger partial charge in [-0.3, -0.25) is 4.55 Å². The lowest BCUT2D eigenvalue weighted by Gasteiger charge is -2.24. The Bertz CT molecular complexity index is 433. The van der Waals surface area contributed by atoms with Crippen LogP contribution in [0, 0.1) is 0 Å². The maximum Gasteiger partial charge on any atom is 0.336 e. The maximum atomic E-state index is 11.7. The van der Waals surface area contributed by atoms with Crippen LogP contribution in [0.5, 0.6) is 0 Å². The Morgan fingerprint density at radius 3 is 2.47 bits per heavy atom. The summed E-state index contributed by atoms with van der Waals surface area (Å²) in [6.45, 7) is 5.14. The van der Waals surface area contributed by atoms with E-state index in [1.807, 2.05) is 6.92 Å². The molecule has 6 nitrogen and oxygen atoms in total. The minimum atomic E-state index is -4.04. The Morgan fingerprint density at radius 1 is 1.37 bits per heavy atom. The Labute approximate surface area is 113 Å². The predicted octanol–water partition coefficient (Wildman–Crippen LogP) is 1.32. The van der Waals surface area contributed by atoms with Crippen molar-refractivity contribution in [3.05, 3.63) is 12.2 Å². The summed E-state index contributed by atoms with van der Waals surface area (Å²) >= 11 is 0. The van der Waals surface area contributed by atoms with Gasteiger partial charge >= 0.3 is 5.97 Å². The zero-order chi connectivity index (χ0) is 14.5. The summed E-state index contributed by atoms with van der Waals surface area (Å²) in [5, 5.41) is 0. The van der Waals surface area contributed by atoms with E-state index in [1.54, 1.807) is 0 Å². The third-order valence-electron chi connectivity index (χ3n) is 3.05. The van der Waals surface area contributed by atoms with E-state index in [2.05, 4.69) is 6.58 Å². The molecule has 19 heavy (non-hydrogen) atoms. The average Bonchev–Trinajstić information content (AvgIpc) is 2.69. The van der Waals surface area contributed by atoms with E-state index in [9.17, 15) is 13.2 Å². The normalized spacial score (nSPS) is 18.2. The molecule has 0 aliphatic heterocycles. The van der Waals surface area contributed by atoms with Crippen LogP contribution in [0.15, 0.2) is 12.2 Å². The van der Waals surface area contributed by atoms with Gasteiger partial charge in [0.15, 0.2) is 0 Å². The van der Waals surface area contributed by atoms with Crippen molar-refractivity contribution in [3.8, 4) is 0 Å². The van der Waals surface area contributed by atoms with E-state index in [0.717, 1.165) is 25.7 Å². The average molecular weight is 292 g/mol. The highest BCUT2D eigenvalue weighted by Crippen LogP contribution is 2.33. The third kappa shape index (κ3) is 6.17. The van der Waals surface area contributed by atoms with Crippen LogP contribution in [-0.2, 0) is 24.4 Å². The van der Waals surface area contributed by atoms with Gasteiger partial charge in [-0.25, -0.2) is 4.79 Å². The SMILES string of the molecule is C=C(COCCS(=O)(=O)O)C(=O)OC1(C)CCCC1. The first-order valence-corrected chi connectivity index (χ1v) is 7.77. The summed E-state index contributed by atoms with van der Waals surface area (Å²) in [6, 6.07) is 0. The number of esters is 1. The Kier molecular flexibility index (Phi) is 5.51. The second-order valence-corrected chi connectivity index (χ2v) is 6.56. The number of ether oxygens (including phenoxy) is 2. The van der Waals surface area contributed by atoms with E-state index >= 15 is 0 Å². The molecule has 0 bridgehead atoms. The topological polar surface area (TPSA) is 89.9 Å². The molecule has 1 fully saturated rings. The molecule has 0 spiro atoms. The van der Waals surface area contributed by atoms with Crippen molar-refractivity contribution >= 4 is 16.1 Å². The smallest absolute Gasteiger partial charge is 0.336 e. The second kappa shape index (κ2) is 6.49. The lowest BCUT2D eigenvalue weighted by atomic mass is 10.1. The van der Waals surface area contributed by atoms with Crippen molar-refractivity contribution in [3.63, 3.8) is 0 Å². The summed E-state index contributed by atoms with van der Waals surface area (Å²) in [4.78, 5) is 11.7. The second-order valence-electron chi connectivity index (χ2n) is 4.99. The molecule has 1 N–H and O–H groups in total. The molecule has 0 aromatic heterocycles. The predicted molar refractivity (Wildman–Crippen MR) is 69.3 cm³/mol. The summed E-state index contributed by atoms with van der Waals surface area (Å²) < 4.78 is 39.7. The molecule has 1 aliphatic rings. The molecule has 7 heteroatoms. The molecule has 110 valence electrons. The van der Waals surface area contributed by atoms with Crippen molar-refractivity contribution in [2.24, 2.45) is 0 Å². The highest BCUT2D eigenvalue weighted by molar-refractivity contribution is 7.85. The first-order valence-electron chi connectivity index (χ1n) is 6.16. The molecule has 0 atom stereocenters. The van der Waals surface area contributed by atoms with E-state index in [4.69, 9.17) is 14.0 Å². The fourth-order valence-electron chi connectivity index (χ4n) is 1.94. The van der Waals surface area contributed by atoms with Crippen LogP contribution in [0.4, 0.5) is 0 Å². The standard InChI is InChI=1S/C12H20O6S/c1-10(9-17-7-8-19(14,15)16)11(13)18-12(2)5-3-4-6-12/h1,3-9H2,2H3,(H,14,15,16). The van der Waals surface area contributed by atoms with Crippen LogP contribution >= 0.6 is 0 Å². The van der Waals surface area contributed by atoms with Crippen molar-refractivity contribution in [1.82, 2.24) is 0 Å². The first kappa shape index (κ1) is 16.1. The van der Waals surface area contributed by atoms with Crippen LogP contribution < -0.4 is 0 Å². The molecular formula is C12H20O6S. The minimum Gasteiger partial charge on any atom is -0.456 e. The number of carbonyl (C=O) groups is 1. The van der Waals surface area contributed by atoms with Gasteiger partial charge in [-0.15, -0.1) is 0 Å². The number of hydrogen-bond acceptors (Lipinski definition) is 5. The summed E-state index contributed by atoms with van der Waals surface area (Å²) in [6.07, 6.45) is 3.77. The molecule has 0 aromatic carbocycles. The monoisotopic (exact) mass is 292 g/mol. The number of hydrogen-bond donors (Lipinski definition) is 1. The molecule has 0 aromatic rings. The van der Waals surface area contributed by atoms with E-state index in [-0.39, 0.29) is 18.8 Å². The van der Waals surface area contributed by atoms with Crippen LogP contribution in [0.1, 0.15) is 32.6 Å². The zero-order valence-corrected chi connectivity index (χ0v) is 11.9. The number of carbonyl (C=O) groups excluding carboxylic acids is 1. The Balaban J connectivity index is 2.27. The van der Waals surface area contributed by atoms with Gasteiger partial charge in [0.25, 0.3) is 10.1 Å². The zero-order valence-electron chi connectivity index (χ0n) is 11.1. The fourth-order valence-corrected chi connectivity index (χ4v) is 2.27. The molecule has 0 unspecified atom stereocenters. The van der Waals surface area contributed by atoms with Crippen LogP contribution in [0.25, 0.3) is 0 Å². The van der Waals surface area contributed by atoms with Crippen molar-refractivity contribution in [2.75, 3.05) is 19.0 Å². The van der Waals surface area contributed by atoms with Crippen molar-refractivity contribution < 1.29 is 27.2 Å². The van der Waals surface area contributed by atoms with E-state index < -0.39 is 27.4 Å². The van der Waals surface area contributed by atoms with E-state index in [1.165, 1.54) is 0 Å². The van der Waals surface area contributed by atoms with Crippen LogP contribution in [-0.4, -0.2) is 43.5 Å². The highest BCUT2D eigenvalue weighted by Gasteiger charge is 2.33. The largest absolute Gasteiger partial charge is 0.456 e.